The first-order valence-electron chi connectivity index (χ1n) is 11.5. The van der Waals surface area contributed by atoms with Gasteiger partial charge in [-0.2, -0.15) is 0 Å². The van der Waals surface area contributed by atoms with Gasteiger partial charge in [0, 0.05) is 0 Å². The fourth-order valence-corrected chi connectivity index (χ4v) is 2.60. The highest BCUT2D eigenvalue weighted by Crippen LogP contribution is 2.13. The van der Waals surface area contributed by atoms with Crippen molar-refractivity contribution < 1.29 is 43.7 Å². The van der Waals surface area contributed by atoms with E-state index in [2.05, 4.69) is 11.1 Å². The predicted molar refractivity (Wildman–Crippen MR) is 132 cm³/mol. The molecule has 14 nitrogen and oxygen atoms in total. The summed E-state index contributed by atoms with van der Waals surface area (Å²) < 4.78 is 9.55. The largest absolute Gasteiger partial charge is 0.480 e. The first-order chi connectivity index (χ1) is 17.3. The first kappa shape index (κ1) is 33.6. The summed E-state index contributed by atoms with van der Waals surface area (Å²) in [4.78, 5) is 53.5. The summed E-state index contributed by atoms with van der Waals surface area (Å²) >= 11 is 0. The Kier molecular flexibility index (Phi) is 16.3. The number of ether oxygens (including phenoxy) is 2. The number of carboxylic acid groups (broad SMARTS) is 2. The molecule has 14 heteroatoms. The topological polar surface area (TPSA) is 260 Å². The van der Waals surface area contributed by atoms with Gasteiger partial charge in [0.25, 0.3) is 0 Å². The van der Waals surface area contributed by atoms with Crippen molar-refractivity contribution in [2.75, 3.05) is 19.6 Å². The van der Waals surface area contributed by atoms with Crippen LogP contribution in [-0.4, -0.2) is 77.8 Å². The molecule has 1 aliphatic rings. The molecule has 1 aromatic rings. The third kappa shape index (κ3) is 14.7. The lowest BCUT2D eigenvalue weighted by molar-refractivity contribution is -0.162. The molecule has 1 aliphatic heterocycles. The molecule has 11 N–H and O–H groups in total. The molecule has 0 spiro atoms. The number of hydrogen-bond donors (Lipinski definition) is 7. The van der Waals surface area contributed by atoms with Crippen molar-refractivity contribution in [3.63, 3.8) is 0 Å². The molecule has 0 radical (unpaired) electrons. The normalized spacial score (nSPS) is 15.7. The van der Waals surface area contributed by atoms with Crippen LogP contribution in [0.15, 0.2) is 24.3 Å². The van der Waals surface area contributed by atoms with Gasteiger partial charge in [-0.3, -0.25) is 14.4 Å². The van der Waals surface area contributed by atoms with Gasteiger partial charge in [-0.1, -0.05) is 26.0 Å². The monoisotopic (exact) mass is 527 g/mol. The lowest BCUT2D eigenvalue weighted by Gasteiger charge is -2.15. The molecule has 0 unspecified atom stereocenters. The molecule has 1 aromatic carbocycles. The zero-order chi connectivity index (χ0) is 28.5. The predicted octanol–water partition coefficient (Wildman–Crippen LogP) is -1.67. The van der Waals surface area contributed by atoms with E-state index in [4.69, 9.17) is 36.9 Å². The Bertz CT molecular complexity index is 875. The van der Waals surface area contributed by atoms with Gasteiger partial charge in [0.2, 0.25) is 0 Å². The fourth-order valence-electron chi connectivity index (χ4n) is 2.60. The fraction of sp³-hybridized carbons (Fsp3) is 0.522. The van der Waals surface area contributed by atoms with E-state index in [9.17, 15) is 24.0 Å². The van der Waals surface area contributed by atoms with Crippen LogP contribution in [0.4, 0.5) is 0 Å². The smallest absolute Gasteiger partial charge is 0.330 e. The lowest BCUT2D eigenvalue weighted by atomic mass is 10.1. The van der Waals surface area contributed by atoms with Crippen molar-refractivity contribution in [1.29, 1.82) is 0 Å². The summed E-state index contributed by atoms with van der Waals surface area (Å²) in [6.07, 6.45) is 1.88. The van der Waals surface area contributed by atoms with E-state index in [1.54, 1.807) is 24.3 Å². The molecule has 0 aliphatic carbocycles. The Hall–Kier alpha value is -3.43. The van der Waals surface area contributed by atoms with Crippen LogP contribution in [0.25, 0.3) is 0 Å². The average molecular weight is 528 g/mol. The maximum atomic E-state index is 11.4. The Morgan fingerprint density at radius 1 is 1.03 bits per heavy atom. The Labute approximate surface area is 214 Å². The highest BCUT2D eigenvalue weighted by molar-refractivity contribution is 5.91. The summed E-state index contributed by atoms with van der Waals surface area (Å²) in [5.74, 6) is -3.35. The van der Waals surface area contributed by atoms with Crippen LogP contribution in [0.3, 0.4) is 0 Å². The zero-order valence-electron chi connectivity index (χ0n) is 20.9. The van der Waals surface area contributed by atoms with Gasteiger partial charge in [-0.25, -0.2) is 9.59 Å². The second kappa shape index (κ2) is 17.9. The summed E-state index contributed by atoms with van der Waals surface area (Å²) in [7, 11) is 0. The van der Waals surface area contributed by atoms with E-state index in [1.165, 1.54) is 0 Å². The molecule has 208 valence electrons. The molecule has 1 fully saturated rings. The molecule has 3 atom stereocenters. The molecule has 0 saturated carbocycles. The number of nitrogens with one attached hydrogen (secondary N) is 1. The van der Waals surface area contributed by atoms with Crippen LogP contribution >= 0.6 is 0 Å². The second-order valence-electron chi connectivity index (χ2n) is 8.23. The minimum absolute atomic E-state index is 0.0261. The number of aliphatic carboxylic acids is 2. The zero-order valence-corrected chi connectivity index (χ0v) is 20.9. The number of esters is 3. The minimum atomic E-state index is -1.05. The number of carbonyl (C=O) groups is 5. The third-order valence-electron chi connectivity index (χ3n) is 4.81. The molecule has 1 saturated heterocycles. The molecular formula is C23H37N5O9. The van der Waals surface area contributed by atoms with Gasteiger partial charge in [-0.05, 0) is 49.4 Å². The number of nitrogens with two attached hydrogens (primary N) is 4. The van der Waals surface area contributed by atoms with Crippen molar-refractivity contribution in [2.24, 2.45) is 28.9 Å². The summed E-state index contributed by atoms with van der Waals surface area (Å²) in [5.41, 5.74) is 21.4. The van der Waals surface area contributed by atoms with Gasteiger partial charge < -0.3 is 47.9 Å². The summed E-state index contributed by atoms with van der Waals surface area (Å²) in [6.45, 7) is 3.95. The van der Waals surface area contributed by atoms with E-state index in [0.717, 1.165) is 24.9 Å². The van der Waals surface area contributed by atoms with E-state index >= 15 is 0 Å². The van der Waals surface area contributed by atoms with Gasteiger partial charge >= 0.3 is 29.8 Å². The van der Waals surface area contributed by atoms with E-state index in [-0.39, 0.29) is 31.5 Å². The Morgan fingerprint density at radius 2 is 1.59 bits per heavy atom. The quantitative estimate of drug-likeness (QED) is 0.108. The summed E-state index contributed by atoms with van der Waals surface area (Å²) in [5, 5.41) is 19.2. The molecule has 0 amide bonds. The number of carboxylic acids is 2. The van der Waals surface area contributed by atoms with Crippen LogP contribution < -0.4 is 33.0 Å². The number of carbonyl (C=O) groups excluding carboxylic acids is 3. The molecular weight excluding hydrogens is 490 g/mol. The van der Waals surface area contributed by atoms with Crippen molar-refractivity contribution in [3.05, 3.63) is 29.8 Å². The average Bonchev–Trinajstić information content (AvgIpc) is 3.40. The molecule has 0 bridgehead atoms. The lowest BCUT2D eigenvalue weighted by Crippen LogP contribution is -2.41. The van der Waals surface area contributed by atoms with Crippen LogP contribution in [0.2, 0.25) is 0 Å². The highest BCUT2D eigenvalue weighted by atomic mass is 16.6. The van der Waals surface area contributed by atoms with Gasteiger partial charge in [0.05, 0.1) is 13.1 Å². The maximum Gasteiger partial charge on any atom is 0.330 e. The molecule has 1 heterocycles. The number of hydrogen-bond acceptors (Lipinski definition) is 12. The SMILES string of the molecule is CC(C)[C@H](N)C(=O)OC(=O)[C@@H]1CCCN1.NCC(=O)O.NCC(=O)Oc1ccc(C[C@H](N)C(=O)O)cc1. The minimum Gasteiger partial charge on any atom is -0.480 e. The van der Waals surface area contributed by atoms with Gasteiger partial charge in [0.15, 0.2) is 0 Å². The summed E-state index contributed by atoms with van der Waals surface area (Å²) in [6, 6.07) is 4.44. The van der Waals surface area contributed by atoms with Crippen molar-refractivity contribution in [2.45, 2.75) is 51.2 Å². The number of rotatable bonds is 9. The van der Waals surface area contributed by atoms with Gasteiger partial charge in [-0.15, -0.1) is 0 Å². The first-order valence-corrected chi connectivity index (χ1v) is 11.5. The molecule has 0 aromatic heterocycles. The van der Waals surface area contributed by atoms with Crippen LogP contribution in [-0.2, 0) is 35.1 Å². The number of benzene rings is 1. The Balaban J connectivity index is 0.000000596. The van der Waals surface area contributed by atoms with Gasteiger partial charge in [0.1, 0.15) is 23.9 Å². The van der Waals surface area contributed by atoms with Crippen molar-refractivity contribution >= 4 is 29.8 Å². The van der Waals surface area contributed by atoms with Crippen LogP contribution in [0.1, 0.15) is 32.3 Å². The highest BCUT2D eigenvalue weighted by Gasteiger charge is 2.28. The van der Waals surface area contributed by atoms with E-state index in [0.29, 0.717) is 5.75 Å². The van der Waals surface area contributed by atoms with Crippen LogP contribution in [0, 0.1) is 5.92 Å². The third-order valence-corrected chi connectivity index (χ3v) is 4.81. The standard InChI is InChI=1S/C11H14N2O4.C10H18N2O3.C2H5NO2/c12-6-10(14)17-8-3-1-7(2-4-8)5-9(13)11(15)16;1-6(2)8(11)10(14)15-9(13)7-4-3-5-12-7;3-1-2(4)5/h1-4,9H,5-6,12-13H2,(H,15,16);6-8,12H,3-5,11H2,1-2H3;1,3H2,(H,4,5)/t9-;7-,8-;/m00./s1. The Morgan fingerprint density at radius 3 is 2.00 bits per heavy atom. The second-order valence-corrected chi connectivity index (χ2v) is 8.23. The molecule has 2 rings (SSSR count). The molecule has 37 heavy (non-hydrogen) atoms. The van der Waals surface area contributed by atoms with Crippen molar-refractivity contribution in [1.82, 2.24) is 5.32 Å². The van der Waals surface area contributed by atoms with E-state index in [1.807, 2.05) is 13.8 Å². The maximum absolute atomic E-state index is 11.4. The van der Waals surface area contributed by atoms with E-state index < -0.39 is 41.9 Å². The van der Waals surface area contributed by atoms with Crippen molar-refractivity contribution in [3.8, 4) is 5.75 Å². The van der Waals surface area contributed by atoms with Crippen LogP contribution in [0.5, 0.6) is 5.75 Å².